The van der Waals surface area contributed by atoms with Gasteiger partial charge in [0.15, 0.2) is 6.10 Å². The summed E-state index contributed by atoms with van der Waals surface area (Å²) in [5, 5.41) is 0.582. The van der Waals surface area contributed by atoms with E-state index in [4.69, 9.17) is 16.3 Å². The average molecular weight is 290 g/mol. The Bertz CT molecular complexity index is 586. The van der Waals surface area contributed by atoms with Crippen molar-refractivity contribution in [1.29, 1.82) is 0 Å². The van der Waals surface area contributed by atoms with Crippen molar-refractivity contribution in [3.8, 4) is 5.75 Å². The SMILES string of the molecule is C[C@@H](Oc1cccc(Cl)c1)C(=O)N(C)c1ccccc1. The maximum absolute atomic E-state index is 12.3. The fourth-order valence-electron chi connectivity index (χ4n) is 1.85. The van der Waals surface area contributed by atoms with E-state index >= 15 is 0 Å². The van der Waals surface area contributed by atoms with Gasteiger partial charge in [-0.1, -0.05) is 35.9 Å². The van der Waals surface area contributed by atoms with Crippen LogP contribution in [0, 0.1) is 0 Å². The Labute approximate surface area is 123 Å². The molecule has 1 atom stereocenters. The van der Waals surface area contributed by atoms with Crippen LogP contribution in [-0.2, 0) is 4.79 Å². The number of nitrogens with zero attached hydrogens (tertiary/aromatic N) is 1. The summed E-state index contributed by atoms with van der Waals surface area (Å²) >= 11 is 5.89. The normalized spacial score (nSPS) is 11.8. The Hall–Kier alpha value is -2.00. The van der Waals surface area contributed by atoms with Gasteiger partial charge in [-0.05, 0) is 37.3 Å². The van der Waals surface area contributed by atoms with E-state index in [1.54, 1.807) is 43.1 Å². The lowest BCUT2D eigenvalue weighted by Crippen LogP contribution is -2.37. The summed E-state index contributed by atoms with van der Waals surface area (Å²) in [7, 11) is 1.73. The molecular formula is C16H16ClNO2. The van der Waals surface area contributed by atoms with Gasteiger partial charge in [0.25, 0.3) is 5.91 Å². The zero-order chi connectivity index (χ0) is 14.5. The maximum atomic E-state index is 12.3. The minimum Gasteiger partial charge on any atom is -0.481 e. The van der Waals surface area contributed by atoms with Crippen molar-refractivity contribution in [2.45, 2.75) is 13.0 Å². The molecule has 0 N–H and O–H groups in total. The van der Waals surface area contributed by atoms with Crippen molar-refractivity contribution in [1.82, 2.24) is 0 Å². The van der Waals surface area contributed by atoms with Crippen LogP contribution in [0.15, 0.2) is 54.6 Å². The summed E-state index contributed by atoms with van der Waals surface area (Å²) in [4.78, 5) is 13.9. The zero-order valence-electron chi connectivity index (χ0n) is 11.4. The molecule has 0 unspecified atom stereocenters. The molecule has 0 aliphatic heterocycles. The van der Waals surface area contributed by atoms with Gasteiger partial charge in [-0.3, -0.25) is 4.79 Å². The quantitative estimate of drug-likeness (QED) is 0.857. The van der Waals surface area contributed by atoms with Crippen LogP contribution >= 0.6 is 11.6 Å². The van der Waals surface area contributed by atoms with Crippen LogP contribution in [0.3, 0.4) is 0 Å². The van der Waals surface area contributed by atoms with Gasteiger partial charge >= 0.3 is 0 Å². The third-order valence-corrected chi connectivity index (χ3v) is 3.17. The second kappa shape index (κ2) is 6.44. The third kappa shape index (κ3) is 3.52. The second-order valence-corrected chi connectivity index (χ2v) is 4.89. The monoisotopic (exact) mass is 289 g/mol. The van der Waals surface area contributed by atoms with Gasteiger partial charge in [0, 0.05) is 17.8 Å². The Morgan fingerprint density at radius 3 is 2.50 bits per heavy atom. The number of amides is 1. The summed E-state index contributed by atoms with van der Waals surface area (Å²) in [6.45, 7) is 1.72. The van der Waals surface area contributed by atoms with E-state index in [2.05, 4.69) is 0 Å². The van der Waals surface area contributed by atoms with Gasteiger partial charge in [0.05, 0.1) is 0 Å². The lowest BCUT2D eigenvalue weighted by Gasteiger charge is -2.22. The molecular weight excluding hydrogens is 274 g/mol. The number of benzene rings is 2. The van der Waals surface area contributed by atoms with Crippen molar-refractivity contribution in [3.63, 3.8) is 0 Å². The van der Waals surface area contributed by atoms with Gasteiger partial charge < -0.3 is 9.64 Å². The molecule has 0 fully saturated rings. The van der Waals surface area contributed by atoms with E-state index in [0.717, 1.165) is 5.69 Å². The first-order valence-electron chi connectivity index (χ1n) is 6.33. The van der Waals surface area contributed by atoms with Crippen LogP contribution in [0.1, 0.15) is 6.92 Å². The molecule has 0 aliphatic carbocycles. The number of hydrogen-bond acceptors (Lipinski definition) is 2. The molecule has 3 nitrogen and oxygen atoms in total. The first kappa shape index (κ1) is 14.4. The number of para-hydroxylation sites is 1. The first-order chi connectivity index (χ1) is 9.58. The fourth-order valence-corrected chi connectivity index (χ4v) is 2.03. The van der Waals surface area contributed by atoms with E-state index in [9.17, 15) is 4.79 Å². The maximum Gasteiger partial charge on any atom is 0.267 e. The first-order valence-corrected chi connectivity index (χ1v) is 6.70. The number of halogens is 1. The Morgan fingerprint density at radius 2 is 1.85 bits per heavy atom. The molecule has 0 bridgehead atoms. The Morgan fingerprint density at radius 1 is 1.15 bits per heavy atom. The smallest absolute Gasteiger partial charge is 0.267 e. The van der Waals surface area contributed by atoms with Crippen LogP contribution in [-0.4, -0.2) is 19.1 Å². The van der Waals surface area contributed by atoms with E-state index in [-0.39, 0.29) is 5.91 Å². The highest BCUT2D eigenvalue weighted by Gasteiger charge is 2.20. The van der Waals surface area contributed by atoms with Crippen LogP contribution in [0.2, 0.25) is 5.02 Å². The van der Waals surface area contributed by atoms with Gasteiger partial charge in [0.1, 0.15) is 5.75 Å². The molecule has 2 aromatic carbocycles. The van der Waals surface area contributed by atoms with Crippen molar-refractivity contribution in [2.75, 3.05) is 11.9 Å². The van der Waals surface area contributed by atoms with E-state index in [1.807, 2.05) is 30.3 Å². The number of likely N-dealkylation sites (N-methyl/N-ethyl adjacent to an activating group) is 1. The van der Waals surface area contributed by atoms with Gasteiger partial charge in [0.2, 0.25) is 0 Å². The van der Waals surface area contributed by atoms with Crippen molar-refractivity contribution >= 4 is 23.2 Å². The standard InChI is InChI=1S/C16H16ClNO2/c1-12(20-15-10-6-7-13(17)11-15)16(19)18(2)14-8-4-3-5-9-14/h3-12H,1-2H3/t12-/m1/s1. The van der Waals surface area contributed by atoms with Gasteiger partial charge in [-0.25, -0.2) is 0 Å². The Balaban J connectivity index is 2.05. The highest BCUT2D eigenvalue weighted by atomic mass is 35.5. The molecule has 1 amide bonds. The highest BCUT2D eigenvalue weighted by Crippen LogP contribution is 2.19. The summed E-state index contributed by atoms with van der Waals surface area (Å²) in [6, 6.07) is 16.5. The second-order valence-electron chi connectivity index (χ2n) is 4.45. The largest absolute Gasteiger partial charge is 0.481 e. The van der Waals surface area contributed by atoms with Crippen LogP contribution < -0.4 is 9.64 Å². The zero-order valence-corrected chi connectivity index (χ0v) is 12.2. The molecule has 0 radical (unpaired) electrons. The van der Waals surface area contributed by atoms with Crippen LogP contribution in [0.4, 0.5) is 5.69 Å². The number of hydrogen-bond donors (Lipinski definition) is 0. The number of carbonyl (C=O) groups excluding carboxylic acids is 1. The molecule has 2 rings (SSSR count). The minimum absolute atomic E-state index is 0.115. The fraction of sp³-hybridized carbons (Fsp3) is 0.188. The third-order valence-electron chi connectivity index (χ3n) is 2.93. The molecule has 0 saturated carbocycles. The van der Waals surface area contributed by atoms with Crippen molar-refractivity contribution in [3.05, 3.63) is 59.6 Å². The molecule has 2 aromatic rings. The molecule has 0 heterocycles. The molecule has 0 aliphatic rings. The van der Waals surface area contributed by atoms with Gasteiger partial charge in [-0.15, -0.1) is 0 Å². The van der Waals surface area contributed by atoms with Crippen LogP contribution in [0.5, 0.6) is 5.75 Å². The summed E-state index contributed by atoms with van der Waals surface area (Å²) in [5.41, 5.74) is 0.832. The van der Waals surface area contributed by atoms with Crippen LogP contribution in [0.25, 0.3) is 0 Å². The number of carbonyl (C=O) groups is 1. The van der Waals surface area contributed by atoms with Crippen molar-refractivity contribution < 1.29 is 9.53 Å². The van der Waals surface area contributed by atoms with Crippen molar-refractivity contribution in [2.24, 2.45) is 0 Å². The minimum atomic E-state index is -0.585. The van der Waals surface area contributed by atoms with E-state index in [0.29, 0.717) is 10.8 Å². The molecule has 4 heteroatoms. The summed E-state index contributed by atoms with van der Waals surface area (Å²) in [5.74, 6) is 0.469. The lowest BCUT2D eigenvalue weighted by atomic mass is 10.2. The molecule has 0 saturated heterocycles. The topological polar surface area (TPSA) is 29.5 Å². The molecule has 0 aromatic heterocycles. The van der Waals surface area contributed by atoms with E-state index in [1.165, 1.54) is 0 Å². The molecule has 0 spiro atoms. The number of rotatable bonds is 4. The highest BCUT2D eigenvalue weighted by molar-refractivity contribution is 6.30. The molecule has 20 heavy (non-hydrogen) atoms. The summed E-state index contributed by atoms with van der Waals surface area (Å²) in [6.07, 6.45) is -0.585. The Kier molecular flexibility index (Phi) is 4.64. The number of anilines is 1. The van der Waals surface area contributed by atoms with Gasteiger partial charge in [-0.2, -0.15) is 0 Å². The lowest BCUT2D eigenvalue weighted by molar-refractivity contribution is -0.124. The molecule has 104 valence electrons. The average Bonchev–Trinajstić information content (AvgIpc) is 2.46. The number of ether oxygens (including phenoxy) is 1. The summed E-state index contributed by atoms with van der Waals surface area (Å²) < 4.78 is 5.62. The van der Waals surface area contributed by atoms with E-state index < -0.39 is 6.10 Å². The predicted molar refractivity (Wildman–Crippen MR) is 81.4 cm³/mol. The predicted octanol–water partition coefficient (Wildman–Crippen LogP) is 3.77.